The van der Waals surface area contributed by atoms with Gasteiger partial charge < -0.3 is 29.0 Å². The van der Waals surface area contributed by atoms with Crippen molar-refractivity contribution in [2.24, 2.45) is 5.92 Å². The summed E-state index contributed by atoms with van der Waals surface area (Å²) in [6.07, 6.45) is 3.79. The number of fused-ring (bicyclic) bond motifs is 1. The van der Waals surface area contributed by atoms with Crippen LogP contribution in [0.4, 0.5) is 0 Å². The van der Waals surface area contributed by atoms with Crippen LogP contribution >= 0.6 is 15.9 Å². The maximum Gasteiger partial charge on any atom is 0.188 e. The van der Waals surface area contributed by atoms with E-state index in [2.05, 4.69) is 51.2 Å². The van der Waals surface area contributed by atoms with Gasteiger partial charge in [-0.3, -0.25) is 0 Å². The minimum absolute atomic E-state index is 0.253. The van der Waals surface area contributed by atoms with Crippen LogP contribution in [0, 0.1) is 5.92 Å². The molecule has 4 rings (SSSR count). The Hall–Kier alpha value is -1.64. The number of rotatable bonds is 9. The van der Waals surface area contributed by atoms with Crippen LogP contribution in [0.15, 0.2) is 40.9 Å². The fourth-order valence-corrected chi connectivity index (χ4v) is 5.30. The van der Waals surface area contributed by atoms with Gasteiger partial charge in [0.25, 0.3) is 0 Å². The van der Waals surface area contributed by atoms with E-state index in [1.54, 1.807) is 14.2 Å². The van der Waals surface area contributed by atoms with Crippen LogP contribution < -0.4 is 9.47 Å². The van der Waals surface area contributed by atoms with E-state index >= 15 is 0 Å². The minimum Gasteiger partial charge on any atom is -0.490 e. The molecule has 0 spiro atoms. The lowest BCUT2D eigenvalue weighted by molar-refractivity contribution is -0.122. The van der Waals surface area contributed by atoms with Crippen molar-refractivity contribution in [3.8, 4) is 11.5 Å². The molecule has 2 unspecified atom stereocenters. The lowest BCUT2D eigenvalue weighted by Gasteiger charge is -2.39. The maximum absolute atomic E-state index is 10.4. The Morgan fingerprint density at radius 1 is 1.12 bits per heavy atom. The molecule has 0 aliphatic carbocycles. The van der Waals surface area contributed by atoms with Crippen LogP contribution in [0.5, 0.6) is 11.5 Å². The third kappa shape index (κ3) is 5.77. The second-order valence-electron chi connectivity index (χ2n) is 9.52. The van der Waals surface area contributed by atoms with E-state index in [0.717, 1.165) is 54.0 Å². The highest BCUT2D eigenvalue weighted by molar-refractivity contribution is 9.10. The summed E-state index contributed by atoms with van der Waals surface area (Å²) in [5, 5.41) is 10.4. The number of ether oxygens (including phenoxy) is 4. The van der Waals surface area contributed by atoms with Gasteiger partial charge in [-0.25, -0.2) is 0 Å². The van der Waals surface area contributed by atoms with Gasteiger partial charge in [0, 0.05) is 26.3 Å². The van der Waals surface area contributed by atoms with Crippen LogP contribution in [-0.4, -0.2) is 63.4 Å². The number of benzene rings is 2. The van der Waals surface area contributed by atoms with Gasteiger partial charge in [0.2, 0.25) is 0 Å². The van der Waals surface area contributed by atoms with Crippen molar-refractivity contribution in [3.05, 3.63) is 57.6 Å². The molecule has 2 aliphatic rings. The van der Waals surface area contributed by atoms with Crippen LogP contribution in [0.25, 0.3) is 0 Å². The summed E-state index contributed by atoms with van der Waals surface area (Å²) in [6, 6.07) is 12.7. The molecule has 6 nitrogen and oxygen atoms in total. The third-order valence-corrected chi connectivity index (χ3v) is 7.97. The first-order valence-corrected chi connectivity index (χ1v) is 12.8. The molecule has 34 heavy (non-hydrogen) atoms. The predicted molar refractivity (Wildman–Crippen MR) is 136 cm³/mol. The Kier molecular flexibility index (Phi) is 8.53. The van der Waals surface area contributed by atoms with Gasteiger partial charge in [0.1, 0.15) is 29.8 Å². The topological polar surface area (TPSA) is 60.4 Å². The van der Waals surface area contributed by atoms with E-state index in [1.165, 1.54) is 24.0 Å². The number of aliphatic hydroxyl groups excluding tert-OH is 1. The van der Waals surface area contributed by atoms with Crippen molar-refractivity contribution in [2.75, 3.05) is 47.3 Å². The molecule has 2 aromatic rings. The van der Waals surface area contributed by atoms with Gasteiger partial charge in [-0.2, -0.15) is 0 Å². The molecule has 0 amide bonds. The fourth-order valence-electron chi connectivity index (χ4n) is 4.94. The Bertz CT molecular complexity index is 962. The molecular weight excluding hydrogens is 498 g/mol. The number of methoxy groups -OCH3 is 2. The van der Waals surface area contributed by atoms with E-state index in [4.69, 9.17) is 18.9 Å². The summed E-state index contributed by atoms with van der Waals surface area (Å²) >= 11 is 3.55. The Morgan fingerprint density at radius 2 is 1.88 bits per heavy atom. The molecule has 0 radical (unpaired) electrons. The lowest BCUT2D eigenvalue weighted by atomic mass is 9.86. The van der Waals surface area contributed by atoms with E-state index < -0.39 is 11.7 Å². The van der Waals surface area contributed by atoms with E-state index in [0.29, 0.717) is 5.92 Å². The molecule has 0 bridgehead atoms. The zero-order valence-corrected chi connectivity index (χ0v) is 22.0. The quantitative estimate of drug-likeness (QED) is 0.477. The summed E-state index contributed by atoms with van der Waals surface area (Å²) < 4.78 is 23.1. The second kappa shape index (κ2) is 11.4. The number of nitrogens with zero attached hydrogens (tertiary/aromatic N) is 1. The first kappa shape index (κ1) is 25.5. The Balaban J connectivity index is 1.28. The van der Waals surface area contributed by atoms with Gasteiger partial charge in [0.15, 0.2) is 6.79 Å². The molecule has 1 saturated heterocycles. The molecule has 7 heteroatoms. The average Bonchev–Trinajstić information content (AvgIpc) is 2.86. The highest BCUT2D eigenvalue weighted by Crippen LogP contribution is 2.40. The van der Waals surface area contributed by atoms with Gasteiger partial charge in [-0.15, -0.1) is 0 Å². The Morgan fingerprint density at radius 3 is 2.62 bits per heavy atom. The maximum atomic E-state index is 10.4. The van der Waals surface area contributed by atoms with Crippen molar-refractivity contribution in [1.29, 1.82) is 0 Å². The number of likely N-dealkylation sites (tertiary alicyclic amines) is 1. The highest BCUT2D eigenvalue weighted by Gasteiger charge is 2.41. The van der Waals surface area contributed by atoms with Gasteiger partial charge in [0.05, 0.1) is 4.47 Å². The highest BCUT2D eigenvalue weighted by atomic mass is 79.9. The first-order chi connectivity index (χ1) is 16.4. The zero-order valence-electron chi connectivity index (χ0n) is 20.4. The second-order valence-corrected chi connectivity index (χ2v) is 10.4. The zero-order chi connectivity index (χ0) is 24.1. The van der Waals surface area contributed by atoms with Crippen molar-refractivity contribution in [1.82, 2.24) is 4.90 Å². The minimum atomic E-state index is -0.733. The van der Waals surface area contributed by atoms with Gasteiger partial charge in [-0.05, 0) is 103 Å². The number of piperidine rings is 1. The largest absolute Gasteiger partial charge is 0.490 e. The number of halogens is 1. The molecular formula is C27H36BrNO5. The molecule has 0 saturated carbocycles. The fraction of sp³-hybridized carbons (Fsp3) is 0.556. The van der Waals surface area contributed by atoms with E-state index in [1.807, 2.05) is 13.0 Å². The van der Waals surface area contributed by atoms with Crippen molar-refractivity contribution < 1.29 is 24.1 Å². The van der Waals surface area contributed by atoms with Gasteiger partial charge >= 0.3 is 0 Å². The monoisotopic (exact) mass is 533 g/mol. The first-order valence-electron chi connectivity index (χ1n) is 12.0. The molecule has 0 aromatic heterocycles. The van der Waals surface area contributed by atoms with Crippen molar-refractivity contribution >= 4 is 15.9 Å². The van der Waals surface area contributed by atoms with Crippen LogP contribution in [-0.2, 0) is 27.9 Å². The predicted octanol–water partition coefficient (Wildman–Crippen LogP) is 4.54. The molecule has 186 valence electrons. The summed E-state index contributed by atoms with van der Waals surface area (Å²) in [5.74, 6) is 2.34. The summed E-state index contributed by atoms with van der Waals surface area (Å²) in [4.78, 5) is 2.56. The smallest absolute Gasteiger partial charge is 0.188 e. The molecule has 2 aliphatic heterocycles. The van der Waals surface area contributed by atoms with Crippen molar-refractivity contribution in [2.45, 2.75) is 44.3 Å². The van der Waals surface area contributed by atoms with Crippen molar-refractivity contribution in [3.63, 3.8) is 0 Å². The normalized spacial score (nSPS) is 23.4. The van der Waals surface area contributed by atoms with Crippen LogP contribution in [0.3, 0.4) is 0 Å². The average molecular weight is 534 g/mol. The SMILES string of the molecule is COCOc1cc(CC2CCN(CCc3ccc4c(c3)C(C)(OC)C(O)CO4)CC2)ccc1Br. The number of hydrogen-bond acceptors (Lipinski definition) is 6. The number of hydrogen-bond donors (Lipinski definition) is 1. The van der Waals surface area contributed by atoms with Crippen LogP contribution in [0.1, 0.15) is 36.5 Å². The molecule has 2 heterocycles. The number of aliphatic hydroxyl groups is 1. The standard InChI is InChI=1S/C27H36BrNO5/c1-27(32-3)22-15-19(5-7-24(22)33-17-26(27)30)8-11-29-12-9-20(10-13-29)14-21-4-6-23(28)25(16-21)34-18-31-2/h4-7,15-16,20,26,30H,8-14,17-18H2,1-3H3. The van der Waals surface area contributed by atoms with E-state index in [9.17, 15) is 5.11 Å². The summed E-state index contributed by atoms with van der Waals surface area (Å²) in [5.41, 5.74) is 2.77. The molecule has 2 aromatic carbocycles. The summed E-state index contributed by atoms with van der Waals surface area (Å²) in [7, 11) is 3.28. The van der Waals surface area contributed by atoms with Crippen LogP contribution in [0.2, 0.25) is 0 Å². The molecule has 1 fully saturated rings. The third-order valence-electron chi connectivity index (χ3n) is 7.31. The van der Waals surface area contributed by atoms with Gasteiger partial charge in [-0.1, -0.05) is 12.1 Å². The molecule has 2 atom stereocenters. The lowest BCUT2D eigenvalue weighted by Crippen LogP contribution is -2.45. The molecule has 1 N–H and O–H groups in total. The Labute approximate surface area is 211 Å². The summed E-state index contributed by atoms with van der Waals surface area (Å²) in [6.45, 7) is 5.72. The van der Waals surface area contributed by atoms with E-state index in [-0.39, 0.29) is 13.4 Å².